The van der Waals surface area contributed by atoms with Gasteiger partial charge in [-0.2, -0.15) is 0 Å². The third-order valence-corrected chi connectivity index (χ3v) is 3.31. The number of hydrogen-bond acceptors (Lipinski definition) is 4. The summed E-state index contributed by atoms with van der Waals surface area (Å²) in [5.74, 6) is 0.0955. The summed E-state index contributed by atoms with van der Waals surface area (Å²) >= 11 is 1.61. The molecule has 82 valence electrons. The summed E-state index contributed by atoms with van der Waals surface area (Å²) < 4.78 is 0. The van der Waals surface area contributed by atoms with Crippen LogP contribution in [0.2, 0.25) is 0 Å². The fourth-order valence-electron chi connectivity index (χ4n) is 1.70. The van der Waals surface area contributed by atoms with Gasteiger partial charge in [0.15, 0.2) is 0 Å². The first-order chi connectivity index (χ1) is 7.25. The third-order valence-electron chi connectivity index (χ3n) is 2.49. The lowest BCUT2D eigenvalue weighted by Gasteiger charge is -2.09. The zero-order chi connectivity index (χ0) is 10.7. The maximum Gasteiger partial charge on any atom is 0.237 e. The summed E-state index contributed by atoms with van der Waals surface area (Å²) in [5, 5.41) is 9.09. The molecular weight excluding hydrogens is 210 g/mol. The van der Waals surface area contributed by atoms with E-state index in [0.717, 1.165) is 30.1 Å². The molecule has 15 heavy (non-hydrogen) atoms. The number of thiazole rings is 1. The van der Waals surface area contributed by atoms with Crippen LogP contribution in [0.15, 0.2) is 5.38 Å². The smallest absolute Gasteiger partial charge is 0.237 e. The molecule has 5 heteroatoms. The predicted molar refractivity (Wildman–Crippen MR) is 59.7 cm³/mol. The van der Waals surface area contributed by atoms with Crippen molar-refractivity contribution in [3.63, 3.8) is 0 Å². The highest BCUT2D eigenvalue weighted by Gasteiger charge is 2.21. The Bertz CT molecular complexity index is 344. The van der Waals surface area contributed by atoms with Crippen molar-refractivity contribution in [3.8, 4) is 0 Å². The minimum absolute atomic E-state index is 0.00438. The maximum absolute atomic E-state index is 11.6. The Kier molecular flexibility index (Phi) is 3.33. The molecule has 1 aliphatic rings. The average Bonchev–Trinajstić information content (AvgIpc) is 2.84. The first-order valence-corrected chi connectivity index (χ1v) is 6.06. The fraction of sp³-hybridized carbons (Fsp3) is 0.600. The van der Waals surface area contributed by atoms with Crippen LogP contribution < -0.4 is 10.6 Å². The van der Waals surface area contributed by atoms with Gasteiger partial charge in [-0.25, -0.2) is 4.98 Å². The average molecular weight is 225 g/mol. The van der Waals surface area contributed by atoms with Crippen LogP contribution in [0.1, 0.15) is 23.5 Å². The molecule has 1 fully saturated rings. The molecule has 0 bridgehead atoms. The summed E-state index contributed by atoms with van der Waals surface area (Å²) in [4.78, 5) is 15.9. The van der Waals surface area contributed by atoms with E-state index in [1.54, 1.807) is 11.3 Å². The van der Waals surface area contributed by atoms with Crippen molar-refractivity contribution in [1.82, 2.24) is 15.6 Å². The van der Waals surface area contributed by atoms with Gasteiger partial charge in [-0.05, 0) is 26.3 Å². The van der Waals surface area contributed by atoms with Gasteiger partial charge >= 0.3 is 0 Å². The Hall–Kier alpha value is -0.940. The molecule has 0 aliphatic carbocycles. The second kappa shape index (κ2) is 4.72. The van der Waals surface area contributed by atoms with Crippen LogP contribution in [0, 0.1) is 6.92 Å². The van der Waals surface area contributed by atoms with Crippen LogP contribution in [0.3, 0.4) is 0 Å². The number of aryl methyl sites for hydroxylation is 1. The molecule has 0 spiro atoms. The Morgan fingerprint density at radius 1 is 1.80 bits per heavy atom. The van der Waals surface area contributed by atoms with Gasteiger partial charge in [-0.3, -0.25) is 4.79 Å². The lowest BCUT2D eigenvalue weighted by molar-refractivity contribution is -0.122. The van der Waals surface area contributed by atoms with Crippen LogP contribution in [-0.4, -0.2) is 23.5 Å². The summed E-state index contributed by atoms with van der Waals surface area (Å²) in [7, 11) is 0. The predicted octanol–water partition coefficient (Wildman–Crippen LogP) is 0.820. The van der Waals surface area contributed by atoms with Crippen molar-refractivity contribution in [1.29, 1.82) is 0 Å². The number of amides is 1. The van der Waals surface area contributed by atoms with E-state index in [9.17, 15) is 4.79 Å². The quantitative estimate of drug-likeness (QED) is 0.801. The van der Waals surface area contributed by atoms with E-state index in [4.69, 9.17) is 0 Å². The highest BCUT2D eigenvalue weighted by atomic mass is 32.1. The van der Waals surface area contributed by atoms with Gasteiger partial charge in [-0.1, -0.05) is 0 Å². The van der Waals surface area contributed by atoms with E-state index >= 15 is 0 Å². The number of carbonyl (C=O) groups excluding carboxylic acids is 1. The molecule has 1 atom stereocenters. The lowest BCUT2D eigenvalue weighted by atomic mass is 10.2. The Labute approximate surface area is 93.1 Å². The van der Waals surface area contributed by atoms with Crippen molar-refractivity contribution >= 4 is 17.2 Å². The third kappa shape index (κ3) is 2.76. The van der Waals surface area contributed by atoms with Crippen molar-refractivity contribution in [2.24, 2.45) is 0 Å². The normalized spacial score (nSPS) is 20.5. The molecule has 0 saturated carbocycles. The second-order valence-electron chi connectivity index (χ2n) is 3.72. The van der Waals surface area contributed by atoms with Crippen LogP contribution in [0.25, 0.3) is 0 Å². The second-order valence-corrected chi connectivity index (χ2v) is 4.79. The SMILES string of the molecule is Cc1nc(CNC(=O)[C@H]2CCCN2)cs1. The van der Waals surface area contributed by atoms with Gasteiger partial charge in [0, 0.05) is 5.38 Å². The largest absolute Gasteiger partial charge is 0.349 e. The number of aromatic nitrogens is 1. The van der Waals surface area contributed by atoms with Gasteiger partial charge < -0.3 is 10.6 Å². The number of nitrogens with zero attached hydrogens (tertiary/aromatic N) is 1. The maximum atomic E-state index is 11.6. The molecule has 2 rings (SSSR count). The lowest BCUT2D eigenvalue weighted by Crippen LogP contribution is -2.40. The summed E-state index contributed by atoms with van der Waals surface area (Å²) in [6.45, 7) is 3.46. The molecule has 1 aromatic heterocycles. The Morgan fingerprint density at radius 3 is 3.27 bits per heavy atom. The van der Waals surface area contributed by atoms with Gasteiger partial charge in [0.1, 0.15) is 0 Å². The van der Waals surface area contributed by atoms with Gasteiger partial charge in [-0.15, -0.1) is 11.3 Å². The molecule has 0 aromatic carbocycles. The van der Waals surface area contributed by atoms with Crippen molar-refractivity contribution < 1.29 is 4.79 Å². The zero-order valence-corrected chi connectivity index (χ0v) is 9.56. The minimum atomic E-state index is 0.00438. The molecule has 0 radical (unpaired) electrons. The Morgan fingerprint density at radius 2 is 2.67 bits per heavy atom. The Balaban J connectivity index is 1.80. The first kappa shape index (κ1) is 10.6. The molecule has 4 nitrogen and oxygen atoms in total. The van der Waals surface area contributed by atoms with Crippen molar-refractivity contribution in [2.45, 2.75) is 32.4 Å². The molecule has 1 aromatic rings. The number of hydrogen-bond donors (Lipinski definition) is 2. The van der Waals surface area contributed by atoms with E-state index in [1.807, 2.05) is 12.3 Å². The molecule has 2 heterocycles. The highest BCUT2D eigenvalue weighted by molar-refractivity contribution is 7.09. The minimum Gasteiger partial charge on any atom is -0.349 e. The monoisotopic (exact) mass is 225 g/mol. The van der Waals surface area contributed by atoms with E-state index in [1.165, 1.54) is 0 Å². The van der Waals surface area contributed by atoms with Crippen LogP contribution in [-0.2, 0) is 11.3 Å². The van der Waals surface area contributed by atoms with Crippen LogP contribution >= 0.6 is 11.3 Å². The molecular formula is C10H15N3OS. The van der Waals surface area contributed by atoms with Gasteiger partial charge in [0.2, 0.25) is 5.91 Å². The molecule has 1 aliphatic heterocycles. The fourth-order valence-corrected chi connectivity index (χ4v) is 2.31. The number of carbonyl (C=O) groups is 1. The molecule has 1 amide bonds. The number of rotatable bonds is 3. The van der Waals surface area contributed by atoms with E-state index in [-0.39, 0.29) is 11.9 Å². The van der Waals surface area contributed by atoms with Crippen LogP contribution in [0.5, 0.6) is 0 Å². The van der Waals surface area contributed by atoms with E-state index in [2.05, 4.69) is 15.6 Å². The standard InChI is InChI=1S/C10H15N3OS/c1-7-13-8(6-15-7)5-12-10(14)9-3-2-4-11-9/h6,9,11H,2-5H2,1H3,(H,12,14)/t9-/m1/s1. The van der Waals surface area contributed by atoms with Gasteiger partial charge in [0.05, 0.1) is 23.3 Å². The first-order valence-electron chi connectivity index (χ1n) is 5.18. The van der Waals surface area contributed by atoms with E-state index < -0.39 is 0 Å². The van der Waals surface area contributed by atoms with Crippen LogP contribution in [0.4, 0.5) is 0 Å². The van der Waals surface area contributed by atoms with E-state index in [0.29, 0.717) is 6.54 Å². The highest BCUT2D eigenvalue weighted by Crippen LogP contribution is 2.08. The topological polar surface area (TPSA) is 54.0 Å². The molecule has 2 N–H and O–H groups in total. The van der Waals surface area contributed by atoms with Crippen molar-refractivity contribution in [3.05, 3.63) is 16.1 Å². The molecule has 1 saturated heterocycles. The summed E-state index contributed by atoms with van der Waals surface area (Å²) in [5.41, 5.74) is 0.948. The summed E-state index contributed by atoms with van der Waals surface area (Å²) in [6, 6.07) is 0.00438. The van der Waals surface area contributed by atoms with Crippen molar-refractivity contribution in [2.75, 3.05) is 6.54 Å². The van der Waals surface area contributed by atoms with Gasteiger partial charge in [0.25, 0.3) is 0 Å². The molecule has 0 unspecified atom stereocenters. The number of nitrogens with one attached hydrogen (secondary N) is 2. The zero-order valence-electron chi connectivity index (χ0n) is 8.75. The summed E-state index contributed by atoms with van der Waals surface area (Å²) in [6.07, 6.45) is 2.04.